The quantitative estimate of drug-likeness (QED) is 0.649. The Morgan fingerprint density at radius 1 is 1.15 bits per heavy atom. The van der Waals surface area contributed by atoms with Gasteiger partial charge < -0.3 is 19.0 Å². The van der Waals surface area contributed by atoms with Crippen LogP contribution < -0.4 is 9.64 Å². The zero-order valence-electron chi connectivity index (χ0n) is 19.9. The van der Waals surface area contributed by atoms with Gasteiger partial charge in [0.25, 0.3) is 5.91 Å². The summed E-state index contributed by atoms with van der Waals surface area (Å²) in [5, 5.41) is 0. The molecule has 2 aliphatic rings. The number of hydrogen-bond acceptors (Lipinski definition) is 5. The van der Waals surface area contributed by atoms with E-state index in [9.17, 15) is 9.59 Å². The molecule has 8 heteroatoms. The Hall–Kier alpha value is -2.51. The summed E-state index contributed by atoms with van der Waals surface area (Å²) in [4.78, 5) is 31.9. The Balaban J connectivity index is 0.00000306. The first-order chi connectivity index (χ1) is 15.3. The second kappa shape index (κ2) is 10.2. The Labute approximate surface area is 202 Å². The monoisotopic (exact) mass is 475 g/mol. The largest absolute Gasteiger partial charge is 0.494 e. The van der Waals surface area contributed by atoms with Crippen LogP contribution in [0.15, 0.2) is 41.0 Å². The summed E-state index contributed by atoms with van der Waals surface area (Å²) in [6, 6.07) is 9.47. The summed E-state index contributed by atoms with van der Waals surface area (Å²) in [5.74, 6) is 1.56. The SMILES string of the molecule is CCOc1ccc2c(c1)C(C)CC(C)(C)N2C(=O)CN1CCN(C(=O)c2ccco2)CC1.Cl. The molecule has 2 aromatic rings. The summed E-state index contributed by atoms with van der Waals surface area (Å²) >= 11 is 0. The number of hydrogen-bond donors (Lipinski definition) is 0. The lowest BCUT2D eigenvalue weighted by Crippen LogP contribution is -2.56. The predicted molar refractivity (Wildman–Crippen MR) is 131 cm³/mol. The highest BCUT2D eigenvalue weighted by Crippen LogP contribution is 2.44. The van der Waals surface area contributed by atoms with Crippen LogP contribution in [0.4, 0.5) is 5.69 Å². The first-order valence-electron chi connectivity index (χ1n) is 11.4. The molecule has 0 radical (unpaired) electrons. The third kappa shape index (κ3) is 5.20. The van der Waals surface area contributed by atoms with Crippen molar-refractivity contribution in [3.63, 3.8) is 0 Å². The van der Waals surface area contributed by atoms with Crippen LogP contribution in [-0.2, 0) is 4.79 Å². The van der Waals surface area contributed by atoms with E-state index in [4.69, 9.17) is 9.15 Å². The van der Waals surface area contributed by atoms with Gasteiger partial charge in [-0.2, -0.15) is 0 Å². The summed E-state index contributed by atoms with van der Waals surface area (Å²) in [5.41, 5.74) is 1.87. The van der Waals surface area contributed by atoms with E-state index < -0.39 is 0 Å². The number of carbonyl (C=O) groups is 2. The van der Waals surface area contributed by atoms with Crippen molar-refractivity contribution in [3.8, 4) is 5.75 Å². The van der Waals surface area contributed by atoms with Gasteiger partial charge >= 0.3 is 0 Å². The Morgan fingerprint density at radius 3 is 2.52 bits per heavy atom. The number of piperazine rings is 1. The van der Waals surface area contributed by atoms with Gasteiger partial charge in [-0.1, -0.05) is 6.92 Å². The number of rotatable bonds is 5. The molecular formula is C25H34ClN3O4. The minimum atomic E-state index is -0.270. The number of halogens is 1. The molecule has 33 heavy (non-hydrogen) atoms. The molecule has 1 unspecified atom stereocenters. The summed E-state index contributed by atoms with van der Waals surface area (Å²) in [7, 11) is 0. The highest BCUT2D eigenvalue weighted by atomic mass is 35.5. The average molecular weight is 476 g/mol. The number of ether oxygens (including phenoxy) is 1. The molecule has 1 aromatic heterocycles. The summed E-state index contributed by atoms with van der Waals surface area (Å²) in [6.07, 6.45) is 2.41. The number of furan rings is 1. The van der Waals surface area contributed by atoms with E-state index in [2.05, 4.69) is 31.7 Å². The van der Waals surface area contributed by atoms with Crippen LogP contribution in [0.3, 0.4) is 0 Å². The highest BCUT2D eigenvalue weighted by Gasteiger charge is 2.40. The molecule has 4 rings (SSSR count). The number of amides is 2. The number of anilines is 1. The molecular weight excluding hydrogens is 442 g/mol. The highest BCUT2D eigenvalue weighted by molar-refractivity contribution is 5.97. The van der Waals surface area contributed by atoms with Crippen molar-refractivity contribution < 1.29 is 18.7 Å². The number of nitrogens with zero attached hydrogens (tertiary/aromatic N) is 3. The molecule has 1 fully saturated rings. The fourth-order valence-corrected chi connectivity index (χ4v) is 5.06. The molecule has 0 bridgehead atoms. The van der Waals surface area contributed by atoms with Gasteiger partial charge in [-0.05, 0) is 69.0 Å². The second-order valence-corrected chi connectivity index (χ2v) is 9.35. The molecule has 1 saturated heterocycles. The maximum Gasteiger partial charge on any atom is 0.289 e. The van der Waals surface area contributed by atoms with Crippen molar-refractivity contribution in [1.29, 1.82) is 0 Å². The fraction of sp³-hybridized carbons (Fsp3) is 0.520. The lowest BCUT2D eigenvalue weighted by atomic mass is 9.80. The van der Waals surface area contributed by atoms with Crippen molar-refractivity contribution >= 4 is 29.9 Å². The predicted octanol–water partition coefficient (Wildman–Crippen LogP) is 4.18. The molecule has 7 nitrogen and oxygen atoms in total. The van der Waals surface area contributed by atoms with Gasteiger partial charge in [-0.15, -0.1) is 12.4 Å². The molecule has 3 heterocycles. The van der Waals surface area contributed by atoms with Gasteiger partial charge in [0.2, 0.25) is 5.91 Å². The number of carbonyl (C=O) groups excluding carboxylic acids is 2. The van der Waals surface area contributed by atoms with Crippen LogP contribution >= 0.6 is 12.4 Å². The van der Waals surface area contributed by atoms with Gasteiger partial charge in [0.05, 0.1) is 19.4 Å². The summed E-state index contributed by atoms with van der Waals surface area (Å²) < 4.78 is 10.9. The van der Waals surface area contributed by atoms with E-state index >= 15 is 0 Å². The fourth-order valence-electron chi connectivity index (χ4n) is 5.06. The van der Waals surface area contributed by atoms with Gasteiger partial charge in [0, 0.05) is 37.4 Å². The smallest absolute Gasteiger partial charge is 0.289 e. The van der Waals surface area contributed by atoms with Crippen LogP contribution in [0.5, 0.6) is 5.75 Å². The maximum atomic E-state index is 13.5. The van der Waals surface area contributed by atoms with Crippen LogP contribution in [0, 0.1) is 0 Å². The van der Waals surface area contributed by atoms with Crippen molar-refractivity contribution in [2.45, 2.75) is 45.6 Å². The van der Waals surface area contributed by atoms with Gasteiger partial charge in [-0.25, -0.2) is 0 Å². The van der Waals surface area contributed by atoms with Gasteiger partial charge in [0.1, 0.15) is 5.75 Å². The van der Waals surface area contributed by atoms with E-state index in [1.165, 1.54) is 6.26 Å². The lowest BCUT2D eigenvalue weighted by molar-refractivity contribution is -0.121. The Kier molecular flexibility index (Phi) is 7.75. The minimum Gasteiger partial charge on any atom is -0.494 e. The van der Waals surface area contributed by atoms with E-state index in [0.717, 1.165) is 23.4 Å². The van der Waals surface area contributed by atoms with Crippen LogP contribution in [0.25, 0.3) is 0 Å². The van der Waals surface area contributed by atoms with Crippen molar-refractivity contribution in [2.75, 3.05) is 44.2 Å². The molecule has 0 saturated carbocycles. The Morgan fingerprint density at radius 2 is 1.88 bits per heavy atom. The standard InChI is InChI=1S/C25H33N3O4.ClH/c1-5-31-19-8-9-21-20(15-19)18(2)16-25(3,4)28(21)23(29)17-26-10-12-27(13-11-26)24(30)22-7-6-14-32-22;/h6-9,14-15,18H,5,10-13,16-17H2,1-4H3;1H. The zero-order valence-corrected chi connectivity index (χ0v) is 20.7. The van der Waals surface area contributed by atoms with Crippen LogP contribution in [-0.4, -0.2) is 66.5 Å². The molecule has 0 N–H and O–H groups in total. The number of benzene rings is 1. The average Bonchev–Trinajstić information content (AvgIpc) is 3.29. The van der Waals surface area contributed by atoms with Crippen LogP contribution in [0.2, 0.25) is 0 Å². The molecule has 1 atom stereocenters. The topological polar surface area (TPSA) is 66.2 Å². The third-order valence-electron chi connectivity index (χ3n) is 6.49. The van der Waals surface area contributed by atoms with Gasteiger partial charge in [-0.3, -0.25) is 14.5 Å². The molecule has 180 valence electrons. The van der Waals surface area contributed by atoms with Crippen molar-refractivity contribution in [1.82, 2.24) is 9.80 Å². The summed E-state index contributed by atoms with van der Waals surface area (Å²) in [6.45, 7) is 11.9. The normalized spacial score (nSPS) is 20.1. The molecule has 2 amide bonds. The zero-order chi connectivity index (χ0) is 22.9. The maximum absolute atomic E-state index is 13.5. The molecule has 0 aliphatic carbocycles. The van der Waals surface area contributed by atoms with E-state index in [-0.39, 0.29) is 29.8 Å². The molecule has 2 aliphatic heterocycles. The second-order valence-electron chi connectivity index (χ2n) is 9.35. The molecule has 0 spiro atoms. The first kappa shape index (κ1) is 25.1. The third-order valence-corrected chi connectivity index (χ3v) is 6.49. The Bertz CT molecular complexity index is 968. The lowest BCUT2D eigenvalue weighted by Gasteiger charge is -2.47. The van der Waals surface area contributed by atoms with Crippen LogP contribution in [0.1, 0.15) is 56.2 Å². The first-order valence-corrected chi connectivity index (χ1v) is 11.4. The van der Waals surface area contributed by atoms with E-state index in [1.807, 2.05) is 24.0 Å². The van der Waals surface area contributed by atoms with Crippen molar-refractivity contribution in [3.05, 3.63) is 47.9 Å². The minimum absolute atomic E-state index is 0. The van der Waals surface area contributed by atoms with E-state index in [1.54, 1.807) is 17.0 Å². The van der Waals surface area contributed by atoms with Gasteiger partial charge in [0.15, 0.2) is 5.76 Å². The molecule has 1 aromatic carbocycles. The van der Waals surface area contributed by atoms with Crippen molar-refractivity contribution in [2.24, 2.45) is 0 Å². The van der Waals surface area contributed by atoms with E-state index in [0.29, 0.717) is 51.0 Å². The number of fused-ring (bicyclic) bond motifs is 1.